The highest BCUT2D eigenvalue weighted by molar-refractivity contribution is 5.98. The second-order valence-electron chi connectivity index (χ2n) is 10.3. The molecule has 7 aromatic rings. The van der Waals surface area contributed by atoms with Crippen molar-refractivity contribution in [1.29, 1.82) is 0 Å². The van der Waals surface area contributed by atoms with Crippen LogP contribution in [0.15, 0.2) is 110 Å². The summed E-state index contributed by atoms with van der Waals surface area (Å²) in [7, 11) is 0. The van der Waals surface area contributed by atoms with Crippen LogP contribution in [0.5, 0.6) is 5.75 Å². The molecule has 0 saturated carbocycles. The van der Waals surface area contributed by atoms with Gasteiger partial charge in [-0.15, -0.1) is 0 Å². The summed E-state index contributed by atoms with van der Waals surface area (Å²) < 4.78 is 42.7. The molecule has 7 rings (SSSR count). The number of fused-ring (bicyclic) bond motifs is 2. The fraction of sp³-hybridized carbons (Fsp3) is 0.0588. The Kier molecular flexibility index (Phi) is 6.97. The van der Waals surface area contributed by atoms with Gasteiger partial charge in [-0.2, -0.15) is 18.3 Å². The van der Waals surface area contributed by atoms with Crippen molar-refractivity contribution in [3.05, 3.63) is 115 Å². The average molecular weight is 605 g/mol. The molecule has 4 heterocycles. The zero-order chi connectivity index (χ0) is 31.0. The molecule has 0 radical (unpaired) electrons. The van der Waals surface area contributed by atoms with Gasteiger partial charge in [0.15, 0.2) is 5.75 Å². The number of hydrogen-bond acceptors (Lipinski definition) is 6. The molecule has 222 valence electrons. The maximum atomic E-state index is 12.7. The number of nitrogens with zero attached hydrogens (tertiary/aromatic N) is 3. The number of rotatable bonds is 7. The van der Waals surface area contributed by atoms with Crippen LogP contribution in [0.4, 0.5) is 18.9 Å². The van der Waals surface area contributed by atoms with Crippen LogP contribution in [0.1, 0.15) is 5.56 Å². The van der Waals surface area contributed by atoms with Crippen LogP contribution < -0.4 is 10.1 Å². The molecule has 0 spiro atoms. The van der Waals surface area contributed by atoms with Crippen molar-refractivity contribution < 1.29 is 22.7 Å². The number of carbonyl (C=O) groups is 1. The number of halogens is 3. The molecule has 0 aliphatic rings. The third kappa shape index (κ3) is 5.58. The van der Waals surface area contributed by atoms with E-state index in [-0.39, 0.29) is 5.75 Å². The molecule has 0 amide bonds. The van der Waals surface area contributed by atoms with Crippen molar-refractivity contribution in [3.63, 3.8) is 0 Å². The Bertz CT molecular complexity index is 2140. The number of carbonyl (C=O) groups excluding carboxylic acids is 1. The number of benzene rings is 3. The molecule has 3 aromatic carbocycles. The number of alkyl halides is 3. The zero-order valence-electron chi connectivity index (χ0n) is 23.4. The molecule has 0 unspecified atom stereocenters. The van der Waals surface area contributed by atoms with Crippen LogP contribution in [0.2, 0.25) is 0 Å². The Morgan fingerprint density at radius 1 is 0.844 bits per heavy atom. The Morgan fingerprint density at radius 3 is 2.42 bits per heavy atom. The SMILES string of the molecule is O=C(Oc1c[nH]c2ccc(NCc3ccc(-c4nc5ccnc(-c6cn[nH]c6)c5cc4-c4ccccc4)cc3)cc12)C(F)(F)F. The maximum Gasteiger partial charge on any atom is 0.491 e. The van der Waals surface area contributed by atoms with E-state index in [1.54, 1.807) is 30.6 Å². The number of anilines is 1. The molecule has 0 atom stereocenters. The van der Waals surface area contributed by atoms with Crippen LogP contribution >= 0.6 is 0 Å². The first-order valence-corrected chi connectivity index (χ1v) is 13.9. The van der Waals surface area contributed by atoms with Gasteiger partial charge in [0.1, 0.15) is 0 Å². The third-order valence-electron chi connectivity index (χ3n) is 7.40. The molecular formula is C34H23F3N6O2. The van der Waals surface area contributed by atoms with Gasteiger partial charge in [0.2, 0.25) is 0 Å². The second kappa shape index (κ2) is 11.3. The largest absolute Gasteiger partial charge is 0.491 e. The molecular weight excluding hydrogens is 581 g/mol. The lowest BCUT2D eigenvalue weighted by Crippen LogP contribution is -2.27. The van der Waals surface area contributed by atoms with Crippen LogP contribution in [-0.4, -0.2) is 37.3 Å². The second-order valence-corrected chi connectivity index (χ2v) is 10.3. The van der Waals surface area contributed by atoms with Gasteiger partial charge in [-0.05, 0) is 41.5 Å². The summed E-state index contributed by atoms with van der Waals surface area (Å²) in [4.78, 5) is 23.9. The van der Waals surface area contributed by atoms with Crippen LogP contribution in [0.25, 0.3) is 55.4 Å². The van der Waals surface area contributed by atoms with E-state index in [1.807, 2.05) is 54.7 Å². The summed E-state index contributed by atoms with van der Waals surface area (Å²) in [5, 5.41) is 11.5. The molecule has 0 aliphatic heterocycles. The molecule has 45 heavy (non-hydrogen) atoms. The van der Waals surface area contributed by atoms with E-state index in [2.05, 4.69) is 48.4 Å². The fourth-order valence-corrected chi connectivity index (χ4v) is 5.20. The summed E-state index contributed by atoms with van der Waals surface area (Å²) in [5.41, 5.74) is 8.40. The molecule has 11 heteroatoms. The smallest absolute Gasteiger partial charge is 0.418 e. The van der Waals surface area contributed by atoms with Crippen molar-refractivity contribution in [3.8, 4) is 39.4 Å². The molecule has 8 nitrogen and oxygen atoms in total. The lowest BCUT2D eigenvalue weighted by Gasteiger charge is -2.14. The topological polar surface area (TPSA) is 109 Å². The first-order chi connectivity index (χ1) is 21.8. The van der Waals surface area contributed by atoms with E-state index in [4.69, 9.17) is 4.98 Å². The zero-order valence-corrected chi connectivity index (χ0v) is 23.4. The van der Waals surface area contributed by atoms with Gasteiger partial charge in [0.05, 0.1) is 23.1 Å². The Morgan fingerprint density at radius 2 is 1.67 bits per heavy atom. The minimum absolute atomic E-state index is 0.190. The number of ether oxygens (including phenoxy) is 1. The average Bonchev–Trinajstić information content (AvgIpc) is 3.74. The fourth-order valence-electron chi connectivity index (χ4n) is 5.20. The van der Waals surface area contributed by atoms with Gasteiger partial charge in [0.25, 0.3) is 0 Å². The van der Waals surface area contributed by atoms with Gasteiger partial charge in [-0.1, -0.05) is 54.6 Å². The first-order valence-electron chi connectivity index (χ1n) is 13.9. The van der Waals surface area contributed by atoms with Crippen molar-refractivity contribution in [2.45, 2.75) is 12.7 Å². The standard InChI is InChI=1S/C34H23F3N6O2/c35-34(36,37)33(44)45-30-19-40-28-11-10-24(14-26(28)30)39-16-20-6-8-22(9-7-20)32-25(21-4-2-1-3-5-21)15-27-29(43-32)12-13-38-31(27)23-17-41-42-18-23/h1-15,17-19,39-40H,16H2,(H,41,42). The van der Waals surface area contributed by atoms with E-state index in [0.29, 0.717) is 23.1 Å². The number of H-pyrrole nitrogens is 2. The van der Waals surface area contributed by atoms with Gasteiger partial charge < -0.3 is 15.0 Å². The highest BCUT2D eigenvalue weighted by Gasteiger charge is 2.41. The monoisotopic (exact) mass is 604 g/mol. The minimum atomic E-state index is -5.09. The number of esters is 1. The van der Waals surface area contributed by atoms with Crippen LogP contribution in [0, 0.1) is 0 Å². The Balaban J connectivity index is 1.17. The highest BCUT2D eigenvalue weighted by Crippen LogP contribution is 2.36. The molecule has 0 saturated heterocycles. The minimum Gasteiger partial charge on any atom is -0.418 e. The Hall–Kier alpha value is -5.97. The number of aromatic nitrogens is 5. The third-order valence-corrected chi connectivity index (χ3v) is 7.40. The lowest BCUT2D eigenvalue weighted by atomic mass is 9.96. The van der Waals surface area contributed by atoms with Gasteiger partial charge in [-0.3, -0.25) is 10.1 Å². The van der Waals surface area contributed by atoms with Crippen LogP contribution in [0.3, 0.4) is 0 Å². The van der Waals surface area contributed by atoms with Gasteiger partial charge in [-0.25, -0.2) is 9.78 Å². The van der Waals surface area contributed by atoms with Gasteiger partial charge >= 0.3 is 12.1 Å². The molecule has 4 aromatic heterocycles. The summed E-state index contributed by atoms with van der Waals surface area (Å²) >= 11 is 0. The number of aromatic amines is 2. The van der Waals surface area contributed by atoms with Crippen molar-refractivity contribution in [2.24, 2.45) is 0 Å². The van der Waals surface area contributed by atoms with E-state index in [9.17, 15) is 18.0 Å². The molecule has 3 N–H and O–H groups in total. The predicted octanol–water partition coefficient (Wildman–Crippen LogP) is 7.92. The Labute approximate surface area is 253 Å². The van der Waals surface area contributed by atoms with Crippen molar-refractivity contribution in [1.82, 2.24) is 25.1 Å². The summed E-state index contributed by atoms with van der Waals surface area (Å²) in [6, 6.07) is 27.2. The summed E-state index contributed by atoms with van der Waals surface area (Å²) in [6.07, 6.45) is 1.43. The molecule has 0 aliphatic carbocycles. The van der Waals surface area contributed by atoms with Gasteiger partial charge in [0, 0.05) is 63.8 Å². The maximum absolute atomic E-state index is 12.7. The molecule has 0 fully saturated rings. The van der Waals surface area contributed by atoms with Crippen molar-refractivity contribution >= 4 is 33.5 Å². The summed E-state index contributed by atoms with van der Waals surface area (Å²) in [6.45, 7) is 0.449. The quantitative estimate of drug-likeness (QED) is 0.160. The van der Waals surface area contributed by atoms with E-state index in [1.165, 1.54) is 6.20 Å². The molecule has 0 bridgehead atoms. The van der Waals surface area contributed by atoms with Crippen LogP contribution in [-0.2, 0) is 11.3 Å². The normalized spacial score (nSPS) is 11.6. The van der Waals surface area contributed by atoms with E-state index >= 15 is 0 Å². The van der Waals surface area contributed by atoms with E-state index < -0.39 is 12.1 Å². The van der Waals surface area contributed by atoms with E-state index in [0.717, 1.165) is 50.1 Å². The summed E-state index contributed by atoms with van der Waals surface area (Å²) in [5.74, 6) is -2.46. The number of hydrogen-bond donors (Lipinski definition) is 3. The highest BCUT2D eigenvalue weighted by atomic mass is 19.4. The predicted molar refractivity (Wildman–Crippen MR) is 165 cm³/mol. The number of pyridine rings is 2. The van der Waals surface area contributed by atoms with Crippen molar-refractivity contribution in [2.75, 3.05) is 5.32 Å². The lowest BCUT2D eigenvalue weighted by molar-refractivity contribution is -0.189. The first kappa shape index (κ1) is 27.8. The number of nitrogens with one attached hydrogen (secondary N) is 3.